The van der Waals surface area contributed by atoms with Crippen molar-refractivity contribution in [2.45, 2.75) is 6.10 Å². The van der Waals surface area contributed by atoms with Gasteiger partial charge >= 0.3 is 5.97 Å². The fraction of sp³-hybridized carbons (Fsp3) is 0.333. The fourth-order valence-electron chi connectivity index (χ4n) is 4.36. The Bertz CT molecular complexity index is 1360. The summed E-state index contributed by atoms with van der Waals surface area (Å²) in [7, 11) is 5.04. The van der Waals surface area contributed by atoms with Crippen LogP contribution in [0.15, 0.2) is 35.3 Å². The summed E-state index contributed by atoms with van der Waals surface area (Å²) in [5.41, 5.74) is -1.90. The molecule has 0 saturated carbocycles. The molecule has 4 rings (SSSR count). The Balaban J connectivity index is 2.03. The number of aromatic carboxylic acids is 1. The second-order valence-electron chi connectivity index (χ2n) is 8.48. The zero-order valence-corrected chi connectivity index (χ0v) is 19.3. The van der Waals surface area contributed by atoms with Gasteiger partial charge in [-0.05, 0) is 32.3 Å². The first-order valence-electron chi connectivity index (χ1n) is 10.8. The van der Waals surface area contributed by atoms with Gasteiger partial charge < -0.3 is 28.9 Å². The van der Waals surface area contributed by atoms with Crippen molar-refractivity contribution < 1.29 is 32.5 Å². The smallest absolute Gasteiger partial charge is 0.341 e. The molecule has 1 N–H and O–H groups in total. The van der Waals surface area contributed by atoms with E-state index in [1.807, 2.05) is 19.0 Å². The molecule has 1 fully saturated rings. The molecule has 2 heterocycles. The lowest BCUT2D eigenvalue weighted by molar-refractivity contribution is 0.0245. The van der Waals surface area contributed by atoms with E-state index in [1.165, 1.54) is 7.11 Å². The van der Waals surface area contributed by atoms with Crippen LogP contribution >= 0.6 is 0 Å². The highest BCUT2D eigenvalue weighted by molar-refractivity contribution is 5.97. The molecule has 1 atom stereocenters. The number of pyridine rings is 1. The number of morpholine rings is 1. The maximum atomic E-state index is 15.5. The van der Waals surface area contributed by atoms with Crippen molar-refractivity contribution in [2.75, 3.05) is 52.3 Å². The molecular weight excluding hydrogens is 467 g/mol. The van der Waals surface area contributed by atoms with Crippen molar-refractivity contribution in [3.05, 3.63) is 63.7 Å². The number of benzene rings is 2. The number of nitrogens with zero attached hydrogens (tertiary/aromatic N) is 3. The van der Waals surface area contributed by atoms with Crippen LogP contribution in [0.4, 0.5) is 18.9 Å². The lowest BCUT2D eigenvalue weighted by Crippen LogP contribution is -2.47. The molecule has 1 aliphatic rings. The molecule has 11 heteroatoms. The van der Waals surface area contributed by atoms with Gasteiger partial charge in [0, 0.05) is 31.9 Å². The Morgan fingerprint density at radius 1 is 1.23 bits per heavy atom. The highest BCUT2D eigenvalue weighted by Gasteiger charge is 2.30. The van der Waals surface area contributed by atoms with Crippen molar-refractivity contribution in [1.29, 1.82) is 0 Å². The predicted octanol–water partition coefficient (Wildman–Crippen LogP) is 2.88. The first kappa shape index (κ1) is 24.6. The Kier molecular flexibility index (Phi) is 6.73. The van der Waals surface area contributed by atoms with E-state index in [9.17, 15) is 23.5 Å². The number of carbonyl (C=O) groups is 1. The van der Waals surface area contributed by atoms with Crippen molar-refractivity contribution in [1.82, 2.24) is 9.47 Å². The molecule has 0 unspecified atom stereocenters. The van der Waals surface area contributed by atoms with Crippen LogP contribution in [0.3, 0.4) is 0 Å². The number of hydrogen-bond donors (Lipinski definition) is 1. The molecule has 186 valence electrons. The van der Waals surface area contributed by atoms with Crippen LogP contribution < -0.4 is 15.1 Å². The summed E-state index contributed by atoms with van der Waals surface area (Å²) < 4.78 is 56.3. The van der Waals surface area contributed by atoms with Gasteiger partial charge in [0.05, 0.1) is 30.9 Å². The Morgan fingerprint density at radius 3 is 2.60 bits per heavy atom. The monoisotopic (exact) mass is 491 g/mol. The Morgan fingerprint density at radius 2 is 1.97 bits per heavy atom. The largest absolute Gasteiger partial charge is 0.492 e. The summed E-state index contributed by atoms with van der Waals surface area (Å²) in [5.74, 6) is -4.30. The van der Waals surface area contributed by atoms with Gasteiger partial charge in [-0.3, -0.25) is 4.79 Å². The molecule has 1 saturated heterocycles. The molecule has 0 bridgehead atoms. The van der Waals surface area contributed by atoms with Crippen molar-refractivity contribution in [2.24, 2.45) is 0 Å². The third kappa shape index (κ3) is 4.56. The predicted molar refractivity (Wildman–Crippen MR) is 123 cm³/mol. The first-order chi connectivity index (χ1) is 16.6. The molecule has 35 heavy (non-hydrogen) atoms. The van der Waals surface area contributed by atoms with Crippen LogP contribution in [0, 0.1) is 17.5 Å². The number of anilines is 1. The van der Waals surface area contributed by atoms with E-state index in [2.05, 4.69) is 0 Å². The fourth-order valence-corrected chi connectivity index (χ4v) is 4.36. The summed E-state index contributed by atoms with van der Waals surface area (Å²) in [6, 6.07) is 3.65. The van der Waals surface area contributed by atoms with Gasteiger partial charge in [-0.25, -0.2) is 18.0 Å². The molecule has 0 radical (unpaired) electrons. The molecule has 1 aliphatic heterocycles. The van der Waals surface area contributed by atoms with Gasteiger partial charge in [-0.15, -0.1) is 0 Å². The highest BCUT2D eigenvalue weighted by atomic mass is 19.1. The molecular formula is C24H24F3N3O5. The Labute approximate surface area is 198 Å². The average Bonchev–Trinajstić information content (AvgIpc) is 2.78. The third-order valence-corrected chi connectivity index (χ3v) is 5.80. The molecule has 0 amide bonds. The van der Waals surface area contributed by atoms with Crippen molar-refractivity contribution >= 4 is 22.6 Å². The standard InChI is InChI=1S/C24H24F3N3O5/c1-28(2)10-14-11-29(6-7-35-14)21-18(27)9-15-20(23(21)34-3)30(12-16(22(15)31)24(32)33)19-5-4-13(25)8-17(19)26/h4-5,8-9,12,14H,6-7,10-11H2,1-3H3,(H,32,33)/t14-/m0/s1. The van der Waals surface area contributed by atoms with Gasteiger partial charge in [-0.1, -0.05) is 0 Å². The second kappa shape index (κ2) is 9.59. The van der Waals surface area contributed by atoms with Crippen LogP contribution in [0.2, 0.25) is 0 Å². The minimum atomic E-state index is -1.57. The number of carboxylic acids is 1. The van der Waals surface area contributed by atoms with Gasteiger partial charge in [0.15, 0.2) is 11.6 Å². The third-order valence-electron chi connectivity index (χ3n) is 5.80. The summed E-state index contributed by atoms with van der Waals surface area (Å²) in [6.45, 7) is 1.54. The Hall–Kier alpha value is -3.57. The molecule has 8 nitrogen and oxygen atoms in total. The van der Waals surface area contributed by atoms with E-state index in [0.29, 0.717) is 32.3 Å². The van der Waals surface area contributed by atoms with Crippen LogP contribution in [-0.4, -0.2) is 74.1 Å². The van der Waals surface area contributed by atoms with E-state index in [-0.39, 0.29) is 34.1 Å². The summed E-state index contributed by atoms with van der Waals surface area (Å²) in [5, 5.41) is 9.23. The average molecular weight is 491 g/mol. The quantitative estimate of drug-likeness (QED) is 0.568. The highest BCUT2D eigenvalue weighted by Crippen LogP contribution is 2.40. The maximum absolute atomic E-state index is 15.5. The summed E-state index contributed by atoms with van der Waals surface area (Å²) >= 11 is 0. The molecule has 3 aromatic rings. The number of hydrogen-bond acceptors (Lipinski definition) is 6. The van der Waals surface area contributed by atoms with E-state index in [0.717, 1.165) is 29.0 Å². The van der Waals surface area contributed by atoms with Crippen LogP contribution in [0.5, 0.6) is 5.75 Å². The number of methoxy groups -OCH3 is 1. The lowest BCUT2D eigenvalue weighted by Gasteiger charge is -2.36. The SMILES string of the molecule is COc1c(N2CCO[C@@H](CN(C)C)C2)c(F)cc2c(=O)c(C(=O)O)cn(-c3ccc(F)cc3F)c12. The van der Waals surface area contributed by atoms with Gasteiger partial charge in [0.2, 0.25) is 5.43 Å². The molecule has 0 spiro atoms. The lowest BCUT2D eigenvalue weighted by atomic mass is 10.1. The van der Waals surface area contributed by atoms with E-state index < -0.39 is 34.4 Å². The maximum Gasteiger partial charge on any atom is 0.341 e. The van der Waals surface area contributed by atoms with Gasteiger partial charge in [-0.2, -0.15) is 0 Å². The van der Waals surface area contributed by atoms with Gasteiger partial charge in [0.1, 0.15) is 28.4 Å². The number of ether oxygens (including phenoxy) is 2. The summed E-state index contributed by atoms with van der Waals surface area (Å²) in [6.07, 6.45) is 0.700. The van der Waals surface area contributed by atoms with Gasteiger partial charge in [0.25, 0.3) is 0 Å². The molecule has 2 aromatic carbocycles. The van der Waals surface area contributed by atoms with Crippen molar-refractivity contribution in [3.63, 3.8) is 0 Å². The number of rotatable bonds is 6. The van der Waals surface area contributed by atoms with Crippen LogP contribution in [0.25, 0.3) is 16.6 Å². The molecule has 1 aromatic heterocycles. The zero-order chi connectivity index (χ0) is 25.4. The van der Waals surface area contributed by atoms with Crippen LogP contribution in [0.1, 0.15) is 10.4 Å². The number of halogens is 3. The van der Waals surface area contributed by atoms with Crippen LogP contribution in [-0.2, 0) is 4.74 Å². The normalized spacial score (nSPS) is 16.2. The number of carboxylic acid groups (broad SMARTS) is 1. The van der Waals surface area contributed by atoms with E-state index >= 15 is 4.39 Å². The minimum Gasteiger partial charge on any atom is -0.492 e. The number of fused-ring (bicyclic) bond motifs is 1. The number of aromatic nitrogens is 1. The first-order valence-corrected chi connectivity index (χ1v) is 10.8. The minimum absolute atomic E-state index is 0.0331. The molecule has 0 aliphatic carbocycles. The second-order valence-corrected chi connectivity index (χ2v) is 8.48. The van der Waals surface area contributed by atoms with E-state index in [1.54, 1.807) is 4.90 Å². The zero-order valence-electron chi connectivity index (χ0n) is 19.3. The number of likely N-dealkylation sites (N-methyl/N-ethyl adjacent to an activating group) is 1. The summed E-state index contributed by atoms with van der Waals surface area (Å²) in [4.78, 5) is 28.4. The topological polar surface area (TPSA) is 84.2 Å². The van der Waals surface area contributed by atoms with Crippen molar-refractivity contribution in [3.8, 4) is 11.4 Å². The van der Waals surface area contributed by atoms with E-state index in [4.69, 9.17) is 9.47 Å².